The number of rotatable bonds is 4. The monoisotopic (exact) mass is 294 g/mol. The van der Waals surface area contributed by atoms with Crippen molar-refractivity contribution in [1.29, 1.82) is 0 Å². The van der Waals surface area contributed by atoms with Crippen molar-refractivity contribution in [3.63, 3.8) is 0 Å². The van der Waals surface area contributed by atoms with Gasteiger partial charge in [-0.25, -0.2) is 4.98 Å². The number of nitrogens with one attached hydrogen (secondary N) is 1. The standard InChI is InChI=1S/C12H15BrN4/c1-17-7-6-15-12(17)8-11(16-14)9-2-4-10(13)5-3-9/h2-7,11,16H,8,14H2,1H3. The molecule has 3 N–H and O–H groups in total. The molecule has 0 fully saturated rings. The van der Waals surface area contributed by atoms with Gasteiger partial charge in [0.2, 0.25) is 0 Å². The summed E-state index contributed by atoms with van der Waals surface area (Å²) in [4.78, 5) is 4.30. The van der Waals surface area contributed by atoms with E-state index < -0.39 is 0 Å². The van der Waals surface area contributed by atoms with Crippen molar-refractivity contribution in [2.45, 2.75) is 12.5 Å². The van der Waals surface area contributed by atoms with Crippen LogP contribution in [0.3, 0.4) is 0 Å². The van der Waals surface area contributed by atoms with E-state index in [0.717, 1.165) is 22.3 Å². The molecule has 90 valence electrons. The van der Waals surface area contributed by atoms with E-state index in [1.165, 1.54) is 0 Å². The molecule has 1 atom stereocenters. The molecule has 0 aliphatic rings. The maximum Gasteiger partial charge on any atom is 0.110 e. The number of hydrazine groups is 1. The van der Waals surface area contributed by atoms with E-state index in [-0.39, 0.29) is 6.04 Å². The molecular formula is C12H15BrN4. The molecule has 2 aromatic rings. The second-order valence-corrected chi connectivity index (χ2v) is 4.84. The number of imidazole rings is 1. The molecule has 0 aliphatic heterocycles. The molecule has 1 aromatic carbocycles. The normalized spacial score (nSPS) is 12.6. The molecule has 0 saturated carbocycles. The van der Waals surface area contributed by atoms with Gasteiger partial charge in [0, 0.05) is 30.3 Å². The molecule has 1 unspecified atom stereocenters. The van der Waals surface area contributed by atoms with E-state index in [4.69, 9.17) is 5.84 Å². The highest BCUT2D eigenvalue weighted by Gasteiger charge is 2.12. The first-order chi connectivity index (χ1) is 8.20. The third-order valence-corrected chi connectivity index (χ3v) is 3.31. The summed E-state index contributed by atoms with van der Waals surface area (Å²) in [6, 6.07) is 8.20. The molecule has 0 saturated heterocycles. The molecule has 0 radical (unpaired) electrons. The molecule has 2 rings (SSSR count). The third kappa shape index (κ3) is 2.94. The van der Waals surface area contributed by atoms with Crippen molar-refractivity contribution < 1.29 is 0 Å². The van der Waals surface area contributed by atoms with Gasteiger partial charge in [-0.05, 0) is 17.7 Å². The number of hydrogen-bond donors (Lipinski definition) is 2. The van der Waals surface area contributed by atoms with Crippen LogP contribution in [0, 0.1) is 0 Å². The van der Waals surface area contributed by atoms with Gasteiger partial charge in [0.25, 0.3) is 0 Å². The van der Waals surface area contributed by atoms with Crippen LogP contribution in [-0.2, 0) is 13.5 Å². The molecule has 0 aliphatic carbocycles. The topological polar surface area (TPSA) is 55.9 Å². The number of aromatic nitrogens is 2. The Balaban J connectivity index is 2.17. The first-order valence-corrected chi connectivity index (χ1v) is 6.18. The zero-order valence-electron chi connectivity index (χ0n) is 9.60. The smallest absolute Gasteiger partial charge is 0.110 e. The minimum atomic E-state index is 0.0733. The van der Waals surface area contributed by atoms with Gasteiger partial charge < -0.3 is 4.57 Å². The van der Waals surface area contributed by atoms with Crippen LogP contribution in [0.25, 0.3) is 0 Å². The van der Waals surface area contributed by atoms with Gasteiger partial charge in [-0.3, -0.25) is 11.3 Å². The maximum absolute atomic E-state index is 5.61. The zero-order valence-corrected chi connectivity index (χ0v) is 11.2. The van der Waals surface area contributed by atoms with Crippen LogP contribution >= 0.6 is 15.9 Å². The highest BCUT2D eigenvalue weighted by Crippen LogP contribution is 2.19. The van der Waals surface area contributed by atoms with Gasteiger partial charge in [0.05, 0.1) is 6.04 Å². The van der Waals surface area contributed by atoms with Crippen molar-refractivity contribution >= 4 is 15.9 Å². The van der Waals surface area contributed by atoms with Crippen LogP contribution in [0.5, 0.6) is 0 Å². The van der Waals surface area contributed by atoms with E-state index in [1.54, 1.807) is 6.20 Å². The first-order valence-electron chi connectivity index (χ1n) is 5.38. The van der Waals surface area contributed by atoms with Crippen LogP contribution < -0.4 is 11.3 Å². The fraction of sp³-hybridized carbons (Fsp3) is 0.250. The van der Waals surface area contributed by atoms with E-state index >= 15 is 0 Å². The summed E-state index contributed by atoms with van der Waals surface area (Å²) in [6.07, 6.45) is 4.50. The van der Waals surface area contributed by atoms with Crippen LogP contribution in [0.4, 0.5) is 0 Å². The Morgan fingerprint density at radius 2 is 2.12 bits per heavy atom. The Kier molecular flexibility index (Phi) is 3.93. The molecule has 0 bridgehead atoms. The Bertz CT molecular complexity index is 478. The Morgan fingerprint density at radius 1 is 1.41 bits per heavy atom. The van der Waals surface area contributed by atoms with Crippen molar-refractivity contribution in [3.05, 3.63) is 52.5 Å². The number of nitrogens with two attached hydrogens (primary N) is 1. The lowest BCUT2D eigenvalue weighted by atomic mass is 10.0. The minimum absolute atomic E-state index is 0.0733. The van der Waals surface area contributed by atoms with Crippen LogP contribution in [-0.4, -0.2) is 9.55 Å². The quantitative estimate of drug-likeness (QED) is 0.669. The largest absolute Gasteiger partial charge is 0.338 e. The van der Waals surface area contributed by atoms with Crippen molar-refractivity contribution in [1.82, 2.24) is 15.0 Å². The van der Waals surface area contributed by atoms with Crippen LogP contribution in [0.15, 0.2) is 41.1 Å². The maximum atomic E-state index is 5.61. The lowest BCUT2D eigenvalue weighted by Gasteiger charge is -2.16. The average molecular weight is 295 g/mol. The van der Waals surface area contributed by atoms with E-state index in [9.17, 15) is 0 Å². The summed E-state index contributed by atoms with van der Waals surface area (Å²) >= 11 is 3.42. The highest BCUT2D eigenvalue weighted by atomic mass is 79.9. The van der Waals surface area contributed by atoms with Crippen molar-refractivity contribution in [2.24, 2.45) is 12.9 Å². The summed E-state index contributed by atoms with van der Waals surface area (Å²) < 4.78 is 3.07. The molecule has 17 heavy (non-hydrogen) atoms. The zero-order chi connectivity index (χ0) is 12.3. The second kappa shape index (κ2) is 5.44. The molecular weight excluding hydrogens is 280 g/mol. The lowest BCUT2D eigenvalue weighted by molar-refractivity contribution is 0.530. The number of hydrogen-bond acceptors (Lipinski definition) is 3. The summed E-state index contributed by atoms with van der Waals surface area (Å²) in [5, 5.41) is 0. The van der Waals surface area contributed by atoms with E-state index in [1.807, 2.05) is 29.9 Å². The van der Waals surface area contributed by atoms with Crippen LogP contribution in [0.2, 0.25) is 0 Å². The Labute approximate surface area is 109 Å². The van der Waals surface area contributed by atoms with Gasteiger partial charge in [0.1, 0.15) is 5.82 Å². The predicted molar refractivity (Wildman–Crippen MR) is 71.1 cm³/mol. The molecule has 1 heterocycles. The van der Waals surface area contributed by atoms with E-state index in [0.29, 0.717) is 0 Å². The summed E-state index contributed by atoms with van der Waals surface area (Å²) in [5.41, 5.74) is 3.99. The molecule has 0 spiro atoms. The summed E-state index contributed by atoms with van der Waals surface area (Å²) in [5.74, 6) is 6.62. The van der Waals surface area contributed by atoms with Gasteiger partial charge >= 0.3 is 0 Å². The van der Waals surface area contributed by atoms with Gasteiger partial charge in [-0.15, -0.1) is 0 Å². The van der Waals surface area contributed by atoms with Crippen molar-refractivity contribution in [2.75, 3.05) is 0 Å². The SMILES string of the molecule is Cn1ccnc1CC(NN)c1ccc(Br)cc1. The number of benzene rings is 1. The average Bonchev–Trinajstić information content (AvgIpc) is 2.73. The molecule has 1 aromatic heterocycles. The first kappa shape index (κ1) is 12.3. The van der Waals surface area contributed by atoms with Gasteiger partial charge in [0.15, 0.2) is 0 Å². The Morgan fingerprint density at radius 3 is 2.65 bits per heavy atom. The number of aryl methyl sites for hydroxylation is 1. The van der Waals surface area contributed by atoms with Crippen molar-refractivity contribution in [3.8, 4) is 0 Å². The van der Waals surface area contributed by atoms with Crippen LogP contribution in [0.1, 0.15) is 17.4 Å². The Hall–Kier alpha value is -1.17. The van der Waals surface area contributed by atoms with E-state index in [2.05, 4.69) is 38.5 Å². The summed E-state index contributed by atoms with van der Waals surface area (Å²) in [7, 11) is 1.98. The summed E-state index contributed by atoms with van der Waals surface area (Å²) in [6.45, 7) is 0. The number of nitrogens with zero attached hydrogens (tertiary/aromatic N) is 2. The minimum Gasteiger partial charge on any atom is -0.338 e. The fourth-order valence-electron chi connectivity index (χ4n) is 1.74. The predicted octanol–water partition coefficient (Wildman–Crippen LogP) is 1.93. The van der Waals surface area contributed by atoms with Gasteiger partial charge in [-0.2, -0.15) is 0 Å². The molecule has 5 heteroatoms. The highest BCUT2D eigenvalue weighted by molar-refractivity contribution is 9.10. The van der Waals surface area contributed by atoms with Gasteiger partial charge in [-0.1, -0.05) is 28.1 Å². The molecule has 4 nitrogen and oxygen atoms in total. The third-order valence-electron chi connectivity index (χ3n) is 2.78. The second-order valence-electron chi connectivity index (χ2n) is 3.93. The lowest BCUT2D eigenvalue weighted by Crippen LogP contribution is -2.30. The number of halogens is 1. The fourth-order valence-corrected chi connectivity index (χ4v) is 2.01. The molecule has 0 amide bonds.